The topological polar surface area (TPSA) is 21.3 Å². The number of nitrogens with one attached hydrogen (secondary N) is 1. The molecule has 80 valence electrons. The molecule has 5 heteroatoms. The molecule has 0 saturated carbocycles. The fourth-order valence-corrected chi connectivity index (χ4v) is 1.22. The summed E-state index contributed by atoms with van der Waals surface area (Å²) in [4.78, 5) is 0. The number of hydrogen-bond acceptors (Lipinski definition) is 3. The van der Waals surface area contributed by atoms with Crippen LogP contribution < -0.4 is 5.32 Å². The Labute approximate surface area is 82.4 Å². The van der Waals surface area contributed by atoms with E-state index in [1.807, 2.05) is 0 Å². The zero-order valence-electron chi connectivity index (χ0n) is 7.89. The van der Waals surface area contributed by atoms with Crippen molar-refractivity contribution in [1.29, 1.82) is 0 Å². The second-order valence-electron chi connectivity index (χ2n) is 2.56. The van der Waals surface area contributed by atoms with Crippen molar-refractivity contribution < 1.29 is 13.5 Å². The zero-order chi connectivity index (χ0) is 9.94. The van der Waals surface area contributed by atoms with Crippen molar-refractivity contribution in [1.82, 2.24) is 5.32 Å². The standard InChI is InChI=1S/C8H17F2NOS/c1-13-6-2-3-11-4-5-12-7-8(9)10/h8,11H,2-7H2,1H3. The van der Waals surface area contributed by atoms with Crippen molar-refractivity contribution in [2.75, 3.05) is 38.3 Å². The molecule has 1 N–H and O–H groups in total. The first kappa shape index (κ1) is 13.1. The summed E-state index contributed by atoms with van der Waals surface area (Å²) in [6, 6.07) is 0. The predicted molar refractivity (Wildman–Crippen MR) is 52.7 cm³/mol. The van der Waals surface area contributed by atoms with Crippen molar-refractivity contribution in [3.05, 3.63) is 0 Å². The Kier molecular flexibility index (Phi) is 10.3. The normalized spacial score (nSPS) is 11.1. The summed E-state index contributed by atoms with van der Waals surface area (Å²) < 4.78 is 27.8. The molecule has 0 saturated heterocycles. The lowest BCUT2D eigenvalue weighted by molar-refractivity contribution is 0.0188. The molecule has 13 heavy (non-hydrogen) atoms. The molecule has 0 aromatic carbocycles. The molecule has 0 fully saturated rings. The summed E-state index contributed by atoms with van der Waals surface area (Å²) in [7, 11) is 0. The second kappa shape index (κ2) is 10.2. The summed E-state index contributed by atoms with van der Waals surface area (Å²) in [5.74, 6) is 1.13. The van der Waals surface area contributed by atoms with Gasteiger partial charge in [-0.15, -0.1) is 0 Å². The van der Waals surface area contributed by atoms with Crippen LogP contribution in [-0.2, 0) is 4.74 Å². The van der Waals surface area contributed by atoms with E-state index in [2.05, 4.69) is 16.3 Å². The van der Waals surface area contributed by atoms with Crippen LogP contribution in [0.5, 0.6) is 0 Å². The van der Waals surface area contributed by atoms with Gasteiger partial charge in [-0.25, -0.2) is 8.78 Å². The van der Waals surface area contributed by atoms with Gasteiger partial charge in [0.25, 0.3) is 6.43 Å². The highest BCUT2D eigenvalue weighted by Gasteiger charge is 2.00. The maximum absolute atomic E-state index is 11.6. The molecule has 0 aliphatic rings. The molecular formula is C8H17F2NOS. The molecule has 0 aromatic heterocycles. The van der Waals surface area contributed by atoms with Crippen LogP contribution in [0, 0.1) is 0 Å². The van der Waals surface area contributed by atoms with Gasteiger partial charge in [0.2, 0.25) is 0 Å². The minimum atomic E-state index is -2.35. The highest BCUT2D eigenvalue weighted by Crippen LogP contribution is 1.93. The molecular weight excluding hydrogens is 196 g/mol. The van der Waals surface area contributed by atoms with Crippen LogP contribution in [0.25, 0.3) is 0 Å². The number of ether oxygens (including phenoxy) is 1. The van der Waals surface area contributed by atoms with Crippen molar-refractivity contribution in [2.45, 2.75) is 12.8 Å². The van der Waals surface area contributed by atoms with Gasteiger partial charge in [0, 0.05) is 6.54 Å². The number of alkyl halides is 2. The number of thioether (sulfide) groups is 1. The van der Waals surface area contributed by atoms with Crippen LogP contribution in [0.3, 0.4) is 0 Å². The van der Waals surface area contributed by atoms with Gasteiger partial charge in [0.1, 0.15) is 6.61 Å². The monoisotopic (exact) mass is 213 g/mol. The summed E-state index contributed by atoms with van der Waals surface area (Å²) in [6.45, 7) is 1.50. The van der Waals surface area contributed by atoms with E-state index >= 15 is 0 Å². The van der Waals surface area contributed by atoms with E-state index in [1.165, 1.54) is 0 Å². The van der Waals surface area contributed by atoms with Gasteiger partial charge in [-0.2, -0.15) is 11.8 Å². The molecule has 0 atom stereocenters. The Morgan fingerprint density at radius 2 is 2.15 bits per heavy atom. The third kappa shape index (κ3) is 12.1. The van der Waals surface area contributed by atoms with Crippen LogP contribution in [-0.4, -0.2) is 44.7 Å². The molecule has 0 heterocycles. The van der Waals surface area contributed by atoms with E-state index in [9.17, 15) is 8.78 Å². The number of rotatable bonds is 9. The summed E-state index contributed by atoms with van der Waals surface area (Å²) in [5, 5.41) is 3.11. The fraction of sp³-hybridized carbons (Fsp3) is 1.00. The van der Waals surface area contributed by atoms with E-state index in [1.54, 1.807) is 11.8 Å². The van der Waals surface area contributed by atoms with Gasteiger partial charge in [-0.1, -0.05) is 0 Å². The Bertz CT molecular complexity index is 106. The lowest BCUT2D eigenvalue weighted by Gasteiger charge is -2.04. The molecule has 0 spiro atoms. The second-order valence-corrected chi connectivity index (χ2v) is 3.55. The van der Waals surface area contributed by atoms with Gasteiger partial charge in [0.05, 0.1) is 6.61 Å². The number of halogens is 2. The lowest BCUT2D eigenvalue weighted by atomic mass is 10.5. The van der Waals surface area contributed by atoms with Crippen molar-refractivity contribution in [3.8, 4) is 0 Å². The first-order chi connectivity index (χ1) is 6.27. The maximum atomic E-state index is 11.6. The largest absolute Gasteiger partial charge is 0.374 e. The third-order valence-electron chi connectivity index (χ3n) is 1.37. The molecule has 0 rings (SSSR count). The molecule has 0 radical (unpaired) electrons. The fourth-order valence-electron chi connectivity index (χ4n) is 0.783. The third-order valence-corrected chi connectivity index (χ3v) is 2.07. The minimum absolute atomic E-state index is 0.365. The van der Waals surface area contributed by atoms with Gasteiger partial charge in [-0.3, -0.25) is 0 Å². The van der Waals surface area contributed by atoms with Gasteiger partial charge in [-0.05, 0) is 25.0 Å². The molecule has 0 amide bonds. The lowest BCUT2D eigenvalue weighted by Crippen LogP contribution is -2.22. The summed E-state index contributed by atoms with van der Waals surface area (Å²) >= 11 is 1.80. The summed E-state index contributed by atoms with van der Waals surface area (Å²) in [5.41, 5.74) is 0. The Morgan fingerprint density at radius 1 is 1.38 bits per heavy atom. The highest BCUT2D eigenvalue weighted by molar-refractivity contribution is 7.98. The van der Waals surface area contributed by atoms with Crippen LogP contribution in [0.1, 0.15) is 6.42 Å². The smallest absolute Gasteiger partial charge is 0.261 e. The van der Waals surface area contributed by atoms with Crippen molar-refractivity contribution >= 4 is 11.8 Å². The van der Waals surface area contributed by atoms with Gasteiger partial charge >= 0.3 is 0 Å². The average molecular weight is 213 g/mol. The average Bonchev–Trinajstić information content (AvgIpc) is 2.09. The maximum Gasteiger partial charge on any atom is 0.261 e. The van der Waals surface area contributed by atoms with Crippen molar-refractivity contribution in [2.24, 2.45) is 0 Å². The quantitative estimate of drug-likeness (QED) is 0.588. The van der Waals surface area contributed by atoms with E-state index in [0.717, 1.165) is 18.7 Å². The van der Waals surface area contributed by atoms with Crippen LogP contribution >= 0.6 is 11.8 Å². The molecule has 0 unspecified atom stereocenters. The molecule has 0 aromatic rings. The molecule has 0 aliphatic heterocycles. The van der Waals surface area contributed by atoms with E-state index in [4.69, 9.17) is 0 Å². The van der Waals surface area contributed by atoms with Crippen LogP contribution in [0.2, 0.25) is 0 Å². The van der Waals surface area contributed by atoms with Crippen LogP contribution in [0.4, 0.5) is 8.78 Å². The van der Waals surface area contributed by atoms with Crippen molar-refractivity contribution in [3.63, 3.8) is 0 Å². The van der Waals surface area contributed by atoms with E-state index < -0.39 is 13.0 Å². The van der Waals surface area contributed by atoms with E-state index in [0.29, 0.717) is 13.2 Å². The first-order valence-corrected chi connectivity index (χ1v) is 5.72. The predicted octanol–water partition coefficient (Wildman–Crippen LogP) is 1.61. The Balaban J connectivity index is 2.84. The number of hydrogen-bond donors (Lipinski definition) is 1. The molecule has 2 nitrogen and oxygen atoms in total. The highest BCUT2D eigenvalue weighted by atomic mass is 32.2. The SMILES string of the molecule is CSCCCNCCOCC(F)F. The summed E-state index contributed by atoms with van der Waals surface area (Å²) in [6.07, 6.45) is 0.818. The van der Waals surface area contributed by atoms with Gasteiger partial charge < -0.3 is 10.1 Å². The van der Waals surface area contributed by atoms with Gasteiger partial charge in [0.15, 0.2) is 0 Å². The molecule has 0 aliphatic carbocycles. The van der Waals surface area contributed by atoms with Crippen LogP contribution in [0.15, 0.2) is 0 Å². The molecule has 0 bridgehead atoms. The first-order valence-electron chi connectivity index (χ1n) is 4.33. The Hall–Kier alpha value is 0.130. The Morgan fingerprint density at radius 3 is 2.77 bits per heavy atom. The minimum Gasteiger partial charge on any atom is -0.374 e. The zero-order valence-corrected chi connectivity index (χ0v) is 8.71. The van der Waals surface area contributed by atoms with E-state index in [-0.39, 0.29) is 0 Å².